The van der Waals surface area contributed by atoms with Crippen LogP contribution in [0, 0.1) is 11.8 Å². The fraction of sp³-hybridized carbons (Fsp3) is 1.00. The zero-order valence-corrected chi connectivity index (χ0v) is 12.8. The Morgan fingerprint density at radius 2 is 1.71 bits per heavy atom. The summed E-state index contributed by atoms with van der Waals surface area (Å²) in [6.45, 7) is 11.4. The second kappa shape index (κ2) is 8.09. The standard InChI is InChI=1S/C13H29NO2S/c1-6-14-13(12(5)11(3)4)9-8-10-17(15,16)7-2/h11-14H,6-10H2,1-5H3. The zero-order chi connectivity index (χ0) is 13.5. The summed E-state index contributed by atoms with van der Waals surface area (Å²) in [5, 5.41) is 3.47. The van der Waals surface area contributed by atoms with Crippen molar-refractivity contribution in [1.82, 2.24) is 5.32 Å². The van der Waals surface area contributed by atoms with E-state index in [1.807, 2.05) is 0 Å². The van der Waals surface area contributed by atoms with Gasteiger partial charge in [0.1, 0.15) is 9.84 Å². The Morgan fingerprint density at radius 3 is 2.12 bits per heavy atom. The van der Waals surface area contributed by atoms with Crippen molar-refractivity contribution in [3.63, 3.8) is 0 Å². The van der Waals surface area contributed by atoms with Gasteiger partial charge >= 0.3 is 0 Å². The lowest BCUT2D eigenvalue weighted by atomic mass is 9.88. The maximum atomic E-state index is 11.4. The third-order valence-corrected chi connectivity index (χ3v) is 5.35. The fourth-order valence-corrected chi connectivity index (χ4v) is 2.84. The highest BCUT2D eigenvalue weighted by Gasteiger charge is 2.19. The molecule has 0 amide bonds. The van der Waals surface area contributed by atoms with Crippen LogP contribution in [0.2, 0.25) is 0 Å². The van der Waals surface area contributed by atoms with Crippen LogP contribution in [0.1, 0.15) is 47.5 Å². The van der Waals surface area contributed by atoms with Gasteiger partial charge in [0.05, 0.1) is 5.75 Å². The normalized spacial score (nSPS) is 16.1. The quantitative estimate of drug-likeness (QED) is 0.695. The Bertz CT molecular complexity index is 286. The van der Waals surface area contributed by atoms with Crippen molar-refractivity contribution in [3.05, 3.63) is 0 Å². The fourth-order valence-electron chi connectivity index (χ4n) is 1.95. The van der Waals surface area contributed by atoms with Crippen molar-refractivity contribution < 1.29 is 8.42 Å². The van der Waals surface area contributed by atoms with Gasteiger partial charge in [0, 0.05) is 11.8 Å². The SMILES string of the molecule is CCNC(CCCS(=O)(=O)CC)C(C)C(C)C. The second-order valence-corrected chi connectivity index (χ2v) is 7.62. The average Bonchev–Trinajstić information content (AvgIpc) is 2.26. The molecule has 4 heteroatoms. The molecule has 0 aliphatic rings. The minimum Gasteiger partial charge on any atom is -0.314 e. The van der Waals surface area contributed by atoms with Crippen molar-refractivity contribution >= 4 is 9.84 Å². The predicted octanol–water partition coefficient (Wildman–Crippen LogP) is 2.47. The molecule has 2 unspecified atom stereocenters. The summed E-state index contributed by atoms with van der Waals surface area (Å²) < 4.78 is 22.8. The number of hydrogen-bond donors (Lipinski definition) is 1. The largest absolute Gasteiger partial charge is 0.314 e. The molecule has 0 saturated heterocycles. The molecule has 17 heavy (non-hydrogen) atoms. The summed E-state index contributed by atoms with van der Waals surface area (Å²) in [6, 6.07) is 0.437. The van der Waals surface area contributed by atoms with Crippen LogP contribution >= 0.6 is 0 Å². The molecule has 0 fully saturated rings. The number of hydrogen-bond acceptors (Lipinski definition) is 3. The Balaban J connectivity index is 4.19. The van der Waals surface area contributed by atoms with Crippen LogP contribution in [0.15, 0.2) is 0 Å². The van der Waals surface area contributed by atoms with Gasteiger partial charge in [0.25, 0.3) is 0 Å². The molecule has 0 radical (unpaired) electrons. The Morgan fingerprint density at radius 1 is 1.12 bits per heavy atom. The lowest BCUT2D eigenvalue weighted by Crippen LogP contribution is -2.37. The van der Waals surface area contributed by atoms with E-state index in [0.717, 1.165) is 19.4 Å². The Labute approximate surface area is 107 Å². The zero-order valence-electron chi connectivity index (χ0n) is 12.0. The molecule has 0 aromatic carbocycles. The molecule has 1 N–H and O–H groups in total. The first kappa shape index (κ1) is 16.9. The van der Waals surface area contributed by atoms with E-state index in [1.165, 1.54) is 0 Å². The molecular weight excluding hydrogens is 234 g/mol. The van der Waals surface area contributed by atoms with Gasteiger partial charge in [-0.25, -0.2) is 8.42 Å². The van der Waals surface area contributed by atoms with Gasteiger partial charge in [-0.3, -0.25) is 0 Å². The summed E-state index contributed by atoms with van der Waals surface area (Å²) in [4.78, 5) is 0. The van der Waals surface area contributed by atoms with E-state index in [4.69, 9.17) is 0 Å². The van der Waals surface area contributed by atoms with Crippen molar-refractivity contribution in [1.29, 1.82) is 0 Å². The summed E-state index contributed by atoms with van der Waals surface area (Å²) in [7, 11) is -2.80. The first-order valence-corrected chi connectivity index (χ1v) is 8.60. The lowest BCUT2D eigenvalue weighted by molar-refractivity contribution is 0.287. The first-order valence-electron chi connectivity index (χ1n) is 6.77. The van der Waals surface area contributed by atoms with Crippen molar-refractivity contribution in [3.8, 4) is 0 Å². The van der Waals surface area contributed by atoms with E-state index in [9.17, 15) is 8.42 Å². The van der Waals surface area contributed by atoms with Gasteiger partial charge in [-0.05, 0) is 31.2 Å². The van der Waals surface area contributed by atoms with Crippen LogP contribution in [0.4, 0.5) is 0 Å². The third kappa shape index (κ3) is 7.04. The summed E-state index contributed by atoms with van der Waals surface area (Å²) in [5.74, 6) is 1.80. The van der Waals surface area contributed by atoms with E-state index in [2.05, 4.69) is 33.0 Å². The minimum absolute atomic E-state index is 0.263. The predicted molar refractivity (Wildman–Crippen MR) is 75.0 cm³/mol. The molecule has 0 saturated carbocycles. The molecule has 0 aliphatic carbocycles. The van der Waals surface area contributed by atoms with Crippen LogP contribution < -0.4 is 5.32 Å². The van der Waals surface area contributed by atoms with E-state index >= 15 is 0 Å². The molecule has 0 aliphatic heterocycles. The monoisotopic (exact) mass is 263 g/mol. The second-order valence-electron chi connectivity index (χ2n) is 5.15. The molecule has 2 atom stereocenters. The molecule has 0 aromatic heterocycles. The third-order valence-electron chi connectivity index (χ3n) is 3.56. The van der Waals surface area contributed by atoms with Crippen LogP contribution in [-0.4, -0.2) is 32.5 Å². The van der Waals surface area contributed by atoms with Crippen molar-refractivity contribution in [2.45, 2.75) is 53.5 Å². The lowest BCUT2D eigenvalue weighted by Gasteiger charge is -2.27. The van der Waals surface area contributed by atoms with Crippen LogP contribution in [0.5, 0.6) is 0 Å². The highest BCUT2D eigenvalue weighted by molar-refractivity contribution is 7.91. The van der Waals surface area contributed by atoms with E-state index in [1.54, 1.807) is 6.92 Å². The average molecular weight is 263 g/mol. The molecule has 3 nitrogen and oxygen atoms in total. The summed E-state index contributed by atoms with van der Waals surface area (Å²) in [5.41, 5.74) is 0. The first-order chi connectivity index (χ1) is 7.84. The minimum atomic E-state index is -2.80. The van der Waals surface area contributed by atoms with Gasteiger partial charge in [0.2, 0.25) is 0 Å². The Kier molecular flexibility index (Phi) is 8.05. The Hall–Kier alpha value is -0.0900. The molecule has 0 spiro atoms. The van der Waals surface area contributed by atoms with Crippen molar-refractivity contribution in [2.75, 3.05) is 18.1 Å². The van der Waals surface area contributed by atoms with E-state index in [-0.39, 0.29) is 5.75 Å². The molecule has 0 rings (SSSR count). The smallest absolute Gasteiger partial charge is 0.150 e. The van der Waals surface area contributed by atoms with Crippen molar-refractivity contribution in [2.24, 2.45) is 11.8 Å². The maximum absolute atomic E-state index is 11.4. The van der Waals surface area contributed by atoms with E-state index < -0.39 is 9.84 Å². The highest BCUT2D eigenvalue weighted by Crippen LogP contribution is 2.18. The van der Waals surface area contributed by atoms with Gasteiger partial charge in [-0.2, -0.15) is 0 Å². The van der Waals surface area contributed by atoms with Crippen LogP contribution in [0.3, 0.4) is 0 Å². The topological polar surface area (TPSA) is 46.2 Å². The molecule has 104 valence electrons. The van der Waals surface area contributed by atoms with Gasteiger partial charge in [-0.15, -0.1) is 0 Å². The highest BCUT2D eigenvalue weighted by atomic mass is 32.2. The van der Waals surface area contributed by atoms with Crippen LogP contribution in [0.25, 0.3) is 0 Å². The van der Waals surface area contributed by atoms with Gasteiger partial charge < -0.3 is 5.32 Å². The number of rotatable bonds is 9. The summed E-state index contributed by atoms with van der Waals surface area (Å²) in [6.07, 6.45) is 1.72. The van der Waals surface area contributed by atoms with Crippen LogP contribution in [-0.2, 0) is 9.84 Å². The van der Waals surface area contributed by atoms with Gasteiger partial charge in [-0.1, -0.05) is 34.6 Å². The van der Waals surface area contributed by atoms with E-state index in [0.29, 0.717) is 23.6 Å². The van der Waals surface area contributed by atoms with Gasteiger partial charge in [0.15, 0.2) is 0 Å². The summed E-state index contributed by atoms with van der Waals surface area (Å²) >= 11 is 0. The molecular formula is C13H29NO2S. The molecule has 0 bridgehead atoms. The maximum Gasteiger partial charge on any atom is 0.150 e. The molecule has 0 aromatic rings. The number of nitrogens with one attached hydrogen (secondary N) is 1. The number of sulfone groups is 1. The molecule has 0 heterocycles.